The first kappa shape index (κ1) is 17.2. The summed E-state index contributed by atoms with van der Waals surface area (Å²) in [5, 5.41) is 9.92. The number of hydrogen-bond donors (Lipinski definition) is 1. The highest BCUT2D eigenvalue weighted by Crippen LogP contribution is 2.33. The number of allylic oxidation sites excluding steroid dienone is 3. The highest BCUT2D eigenvalue weighted by Gasteiger charge is 2.26. The van der Waals surface area contributed by atoms with E-state index in [1.54, 1.807) is 12.1 Å². The van der Waals surface area contributed by atoms with Gasteiger partial charge < -0.3 is 5.11 Å². The number of phenols is 1. The van der Waals surface area contributed by atoms with Crippen LogP contribution in [0, 0.1) is 12.3 Å². The van der Waals surface area contributed by atoms with E-state index in [-0.39, 0.29) is 16.9 Å². The maximum atomic E-state index is 12.5. The van der Waals surface area contributed by atoms with Crippen molar-refractivity contribution in [3.8, 4) is 5.75 Å². The molecule has 0 aromatic heterocycles. The van der Waals surface area contributed by atoms with Gasteiger partial charge in [0.15, 0.2) is 5.78 Å². The Morgan fingerprint density at radius 1 is 1.38 bits per heavy atom. The van der Waals surface area contributed by atoms with Crippen LogP contribution in [-0.2, 0) is 0 Å². The van der Waals surface area contributed by atoms with Crippen LogP contribution in [0.3, 0.4) is 0 Å². The lowest BCUT2D eigenvalue weighted by molar-refractivity contribution is 0.0937. The molecular formula is C19H26O2. The molecule has 1 atom stereocenters. The molecule has 21 heavy (non-hydrogen) atoms. The average Bonchev–Trinajstić information content (AvgIpc) is 2.37. The van der Waals surface area contributed by atoms with E-state index < -0.39 is 0 Å². The van der Waals surface area contributed by atoms with E-state index in [1.165, 1.54) is 5.57 Å². The fourth-order valence-corrected chi connectivity index (χ4v) is 2.42. The van der Waals surface area contributed by atoms with Gasteiger partial charge in [-0.05, 0) is 50.7 Å². The van der Waals surface area contributed by atoms with Crippen molar-refractivity contribution in [3.63, 3.8) is 0 Å². The monoisotopic (exact) mass is 286 g/mol. The van der Waals surface area contributed by atoms with E-state index >= 15 is 0 Å². The van der Waals surface area contributed by atoms with Gasteiger partial charge in [0.2, 0.25) is 0 Å². The van der Waals surface area contributed by atoms with Crippen molar-refractivity contribution in [1.82, 2.24) is 0 Å². The molecule has 1 aromatic carbocycles. The molecule has 0 amide bonds. The highest BCUT2D eigenvalue weighted by molar-refractivity contribution is 6.00. The molecule has 1 aromatic rings. The van der Waals surface area contributed by atoms with E-state index in [4.69, 9.17) is 0 Å². The number of phenolic OH excluding ortho intramolecular Hbond substituents is 1. The molecule has 0 aliphatic rings. The minimum atomic E-state index is -0.252. The van der Waals surface area contributed by atoms with Gasteiger partial charge >= 0.3 is 0 Å². The summed E-state index contributed by atoms with van der Waals surface area (Å²) >= 11 is 0. The average molecular weight is 286 g/mol. The second-order valence-corrected chi connectivity index (χ2v) is 6.25. The van der Waals surface area contributed by atoms with Crippen molar-refractivity contribution in [1.29, 1.82) is 0 Å². The van der Waals surface area contributed by atoms with Gasteiger partial charge in [-0.1, -0.05) is 36.8 Å². The third kappa shape index (κ3) is 4.89. The molecule has 114 valence electrons. The zero-order valence-corrected chi connectivity index (χ0v) is 13.6. The summed E-state index contributed by atoms with van der Waals surface area (Å²) in [4.78, 5) is 12.5. The van der Waals surface area contributed by atoms with Gasteiger partial charge in [0.25, 0.3) is 0 Å². The van der Waals surface area contributed by atoms with E-state index in [9.17, 15) is 9.90 Å². The largest absolute Gasteiger partial charge is 0.507 e. The van der Waals surface area contributed by atoms with Gasteiger partial charge in [-0.25, -0.2) is 0 Å². The van der Waals surface area contributed by atoms with Crippen LogP contribution in [0.5, 0.6) is 5.75 Å². The number of Topliss-reactive ketones (excluding diaryl/α,β-unsaturated/α-hetero) is 1. The molecular weight excluding hydrogens is 260 g/mol. The Morgan fingerprint density at radius 2 is 2.05 bits per heavy atom. The van der Waals surface area contributed by atoms with Gasteiger partial charge in [0, 0.05) is 6.42 Å². The molecule has 0 spiro atoms. The Kier molecular flexibility index (Phi) is 5.95. The number of aromatic hydroxyl groups is 1. The van der Waals surface area contributed by atoms with Crippen molar-refractivity contribution in [2.75, 3.05) is 0 Å². The van der Waals surface area contributed by atoms with Crippen LogP contribution >= 0.6 is 0 Å². The number of aryl methyl sites for hydroxylation is 1. The molecule has 0 saturated heterocycles. The molecule has 2 nitrogen and oxygen atoms in total. The molecule has 0 radical (unpaired) electrons. The smallest absolute Gasteiger partial charge is 0.167 e. The number of ketones is 1. The lowest BCUT2D eigenvalue weighted by atomic mass is 9.79. The van der Waals surface area contributed by atoms with Crippen LogP contribution in [0.1, 0.15) is 56.0 Å². The zero-order chi connectivity index (χ0) is 16.0. The molecule has 1 N–H and O–H groups in total. The SMILES string of the molecule is C=C[C@@](C)(CCC=C(C)C)CC(=O)c1c(C)cccc1O. The summed E-state index contributed by atoms with van der Waals surface area (Å²) in [6.07, 6.45) is 6.21. The topological polar surface area (TPSA) is 37.3 Å². The van der Waals surface area contributed by atoms with Crippen LogP contribution in [0.25, 0.3) is 0 Å². The van der Waals surface area contributed by atoms with Gasteiger partial charge in [-0.15, -0.1) is 6.58 Å². The number of hydrogen-bond acceptors (Lipinski definition) is 2. The first-order valence-corrected chi connectivity index (χ1v) is 7.38. The fourth-order valence-electron chi connectivity index (χ4n) is 2.42. The van der Waals surface area contributed by atoms with Crippen LogP contribution < -0.4 is 0 Å². The predicted molar refractivity (Wildman–Crippen MR) is 88.8 cm³/mol. The van der Waals surface area contributed by atoms with Crippen molar-refractivity contribution in [2.24, 2.45) is 5.41 Å². The zero-order valence-electron chi connectivity index (χ0n) is 13.6. The molecule has 1 rings (SSSR count). The minimum Gasteiger partial charge on any atom is -0.507 e. The maximum Gasteiger partial charge on any atom is 0.167 e. The standard InChI is InChI=1S/C19H26O2/c1-6-19(5,12-8-9-14(2)3)13-17(21)18-15(4)10-7-11-16(18)20/h6-7,9-11,20H,1,8,12-13H2,2-5H3/t19-/m0/s1. The molecule has 0 aliphatic carbocycles. The summed E-state index contributed by atoms with van der Waals surface area (Å²) in [6, 6.07) is 5.17. The summed E-state index contributed by atoms with van der Waals surface area (Å²) in [5.41, 5.74) is 2.28. The highest BCUT2D eigenvalue weighted by atomic mass is 16.3. The lowest BCUT2D eigenvalue weighted by Gasteiger charge is -2.25. The van der Waals surface area contributed by atoms with Crippen molar-refractivity contribution >= 4 is 5.78 Å². The third-order valence-electron chi connectivity index (χ3n) is 3.85. The van der Waals surface area contributed by atoms with E-state index in [0.717, 1.165) is 18.4 Å². The third-order valence-corrected chi connectivity index (χ3v) is 3.85. The first-order chi connectivity index (χ1) is 9.79. The van der Waals surface area contributed by atoms with Gasteiger partial charge in [-0.2, -0.15) is 0 Å². The van der Waals surface area contributed by atoms with Gasteiger partial charge in [0.1, 0.15) is 5.75 Å². The lowest BCUT2D eigenvalue weighted by Crippen LogP contribution is -2.19. The minimum absolute atomic E-state index is 0.0230. The second-order valence-electron chi connectivity index (χ2n) is 6.25. The normalized spacial score (nSPS) is 13.3. The van der Waals surface area contributed by atoms with E-state index in [1.807, 2.05) is 26.0 Å². The van der Waals surface area contributed by atoms with Crippen LogP contribution in [0.15, 0.2) is 42.5 Å². The van der Waals surface area contributed by atoms with E-state index in [2.05, 4.69) is 26.5 Å². The summed E-state index contributed by atoms with van der Waals surface area (Å²) in [7, 11) is 0. The van der Waals surface area contributed by atoms with Crippen molar-refractivity contribution < 1.29 is 9.90 Å². The van der Waals surface area contributed by atoms with Gasteiger partial charge in [-0.3, -0.25) is 4.79 Å². The second kappa shape index (κ2) is 7.26. The first-order valence-electron chi connectivity index (χ1n) is 7.38. The number of rotatable bonds is 7. The number of carbonyl (C=O) groups is 1. The van der Waals surface area contributed by atoms with E-state index in [0.29, 0.717) is 12.0 Å². The molecule has 0 fully saturated rings. The van der Waals surface area contributed by atoms with Gasteiger partial charge in [0.05, 0.1) is 5.56 Å². The maximum absolute atomic E-state index is 12.5. The Hall–Kier alpha value is -1.83. The van der Waals surface area contributed by atoms with Crippen LogP contribution in [0.4, 0.5) is 0 Å². The van der Waals surface area contributed by atoms with Crippen molar-refractivity contribution in [3.05, 3.63) is 53.6 Å². The molecule has 2 heteroatoms. The predicted octanol–water partition coefficient (Wildman–Crippen LogP) is 5.21. The van der Waals surface area contributed by atoms with Crippen LogP contribution in [0.2, 0.25) is 0 Å². The summed E-state index contributed by atoms with van der Waals surface area (Å²) in [6.45, 7) is 11.9. The Balaban J connectivity index is 2.88. The Bertz CT molecular complexity index is 530. The Labute approximate surface area is 128 Å². The molecule has 0 saturated carbocycles. The summed E-state index contributed by atoms with van der Waals surface area (Å²) in [5.74, 6) is 0.0425. The number of benzene rings is 1. The fraction of sp³-hybridized carbons (Fsp3) is 0.421. The molecule has 0 aliphatic heterocycles. The molecule has 0 heterocycles. The van der Waals surface area contributed by atoms with Crippen LogP contribution in [-0.4, -0.2) is 10.9 Å². The molecule has 0 bridgehead atoms. The quantitative estimate of drug-likeness (QED) is 0.551. The number of carbonyl (C=O) groups excluding carboxylic acids is 1. The van der Waals surface area contributed by atoms with Crippen molar-refractivity contribution in [2.45, 2.75) is 47.0 Å². The Morgan fingerprint density at radius 3 is 2.57 bits per heavy atom. The molecule has 0 unspecified atom stereocenters. The summed E-state index contributed by atoms with van der Waals surface area (Å²) < 4.78 is 0.